The molecule has 3 heterocycles. The monoisotopic (exact) mass is 380 g/mol. The number of carbonyl (C=O) groups is 1. The number of rotatable bonds is 3. The van der Waals surface area contributed by atoms with Crippen LogP contribution in [0.25, 0.3) is 16.7 Å². The molecule has 0 aromatic carbocycles. The smallest absolute Gasteiger partial charge is 0.278 e. The Labute approximate surface area is 163 Å². The Morgan fingerprint density at radius 3 is 2.75 bits per heavy atom. The summed E-state index contributed by atoms with van der Waals surface area (Å²) in [5.41, 5.74) is 7.58. The van der Waals surface area contributed by atoms with E-state index in [0.717, 1.165) is 25.7 Å². The van der Waals surface area contributed by atoms with Crippen LogP contribution in [0.5, 0.6) is 0 Å². The maximum Gasteiger partial charge on any atom is 0.278 e. The number of pyridine rings is 2. The molecule has 1 amide bonds. The number of hydrogen-bond acceptors (Lipinski definition) is 4. The van der Waals surface area contributed by atoms with Crippen LogP contribution in [0, 0.1) is 0 Å². The van der Waals surface area contributed by atoms with E-state index >= 15 is 0 Å². The Morgan fingerprint density at radius 1 is 1.29 bits per heavy atom. The van der Waals surface area contributed by atoms with Crippen LogP contribution >= 0.6 is 0 Å². The van der Waals surface area contributed by atoms with Gasteiger partial charge in [-0.05, 0) is 44.9 Å². The van der Waals surface area contributed by atoms with Crippen molar-refractivity contribution in [3.05, 3.63) is 46.4 Å². The highest BCUT2D eigenvalue weighted by Gasteiger charge is 2.27. The lowest BCUT2D eigenvalue weighted by Crippen LogP contribution is -2.45. The van der Waals surface area contributed by atoms with E-state index in [1.165, 1.54) is 10.8 Å². The van der Waals surface area contributed by atoms with Crippen molar-refractivity contribution < 1.29 is 9.36 Å². The van der Waals surface area contributed by atoms with E-state index in [0.29, 0.717) is 28.1 Å². The second-order valence-corrected chi connectivity index (χ2v) is 7.80. The highest BCUT2D eigenvalue weighted by Crippen LogP contribution is 2.20. The summed E-state index contributed by atoms with van der Waals surface area (Å²) >= 11 is 0. The van der Waals surface area contributed by atoms with Crippen LogP contribution in [0.3, 0.4) is 0 Å². The minimum Gasteiger partial charge on any atom is -0.349 e. The van der Waals surface area contributed by atoms with Gasteiger partial charge in [0.1, 0.15) is 10.9 Å². The number of anilines is 1. The van der Waals surface area contributed by atoms with Gasteiger partial charge >= 0.3 is 0 Å². The van der Waals surface area contributed by atoms with Crippen molar-refractivity contribution in [3.63, 3.8) is 0 Å². The average molecular weight is 380 g/mol. The summed E-state index contributed by atoms with van der Waals surface area (Å²) in [4.78, 5) is 30.7. The molecule has 0 radical (unpaired) electrons. The Morgan fingerprint density at radius 2 is 2.04 bits per heavy atom. The number of nitrogens with two attached hydrogens (primary N) is 1. The Bertz CT molecular complexity index is 1110. The molecule has 0 spiro atoms. The van der Waals surface area contributed by atoms with Crippen LogP contribution in [-0.4, -0.2) is 21.3 Å². The van der Waals surface area contributed by atoms with Gasteiger partial charge in [-0.3, -0.25) is 14.0 Å². The molecule has 1 saturated carbocycles. The topological polar surface area (TPSA) is 93.4 Å². The first-order valence-corrected chi connectivity index (χ1v) is 9.93. The maximum atomic E-state index is 13.1. The summed E-state index contributed by atoms with van der Waals surface area (Å²) in [7, 11) is 0. The second kappa shape index (κ2) is 7.22. The van der Waals surface area contributed by atoms with Crippen molar-refractivity contribution >= 4 is 28.4 Å². The van der Waals surface area contributed by atoms with Gasteiger partial charge < -0.3 is 11.1 Å². The molecule has 1 aliphatic rings. The molecule has 0 bridgehead atoms. The minimum absolute atomic E-state index is 0.0528. The quantitative estimate of drug-likeness (QED) is 0.539. The van der Waals surface area contributed by atoms with E-state index < -0.39 is 0 Å². The molecule has 7 nitrogen and oxygen atoms in total. The zero-order valence-electron chi connectivity index (χ0n) is 16.3. The van der Waals surface area contributed by atoms with Crippen LogP contribution < -0.4 is 21.2 Å². The number of nitrogen functional groups attached to an aromatic ring is 1. The van der Waals surface area contributed by atoms with E-state index in [9.17, 15) is 9.59 Å². The summed E-state index contributed by atoms with van der Waals surface area (Å²) in [6, 6.07) is 7.11. The van der Waals surface area contributed by atoms with Crippen molar-refractivity contribution in [1.29, 1.82) is 0 Å². The van der Waals surface area contributed by atoms with Gasteiger partial charge in [-0.1, -0.05) is 30.3 Å². The number of carbonyl (C=O) groups excluding carboxylic acids is 1. The molecule has 28 heavy (non-hydrogen) atoms. The van der Waals surface area contributed by atoms with E-state index in [1.54, 1.807) is 29.0 Å². The fraction of sp³-hybridized carbons (Fsp3) is 0.429. The predicted octanol–water partition coefficient (Wildman–Crippen LogP) is 2.36. The largest absolute Gasteiger partial charge is 0.349 e. The standard InChI is InChI=1S/C21H25N5O2/c1-13(2)26-18(22)15(20(27)23-14-8-4-3-5-9-14)12-16-19(26)24-17-10-6-7-11-25(17)21(16)28/h6-7,10-14,22H,3-5,8-9H2,1-2H3,(H,23,27)/p+1. The predicted molar refractivity (Wildman–Crippen MR) is 108 cm³/mol. The van der Waals surface area contributed by atoms with Crippen molar-refractivity contribution in [2.24, 2.45) is 0 Å². The normalized spacial score (nSPS) is 15.4. The SMILES string of the molecule is CC(C)[n+]1c(N)c(C(=O)NC2CCCCC2)cc2c(=O)n3ccccc3nc21. The molecule has 146 valence electrons. The van der Waals surface area contributed by atoms with Crippen molar-refractivity contribution in [1.82, 2.24) is 14.7 Å². The fourth-order valence-electron chi connectivity index (χ4n) is 4.08. The van der Waals surface area contributed by atoms with Gasteiger partial charge in [-0.2, -0.15) is 0 Å². The lowest BCUT2D eigenvalue weighted by molar-refractivity contribution is -0.679. The van der Waals surface area contributed by atoms with Crippen molar-refractivity contribution in [2.75, 3.05) is 5.73 Å². The summed E-state index contributed by atoms with van der Waals surface area (Å²) in [6.07, 6.45) is 7.12. The number of fused-ring (bicyclic) bond motifs is 2. The Hall–Kier alpha value is -2.96. The lowest BCUT2D eigenvalue weighted by Gasteiger charge is -2.23. The molecular formula is C21H26N5O2+. The zero-order chi connectivity index (χ0) is 19.8. The number of aromatic nitrogens is 3. The van der Waals surface area contributed by atoms with Crippen LogP contribution in [0.15, 0.2) is 35.3 Å². The highest BCUT2D eigenvalue weighted by atomic mass is 16.2. The molecule has 3 aromatic heterocycles. The number of nitrogens with zero attached hydrogens (tertiary/aromatic N) is 3. The summed E-state index contributed by atoms with van der Waals surface area (Å²) < 4.78 is 3.27. The van der Waals surface area contributed by atoms with Crippen LogP contribution in [-0.2, 0) is 0 Å². The molecule has 0 atom stereocenters. The first-order chi connectivity index (χ1) is 13.5. The van der Waals surface area contributed by atoms with Gasteiger partial charge in [0, 0.05) is 12.2 Å². The molecule has 7 heteroatoms. The molecule has 3 N–H and O–H groups in total. The number of hydrogen-bond donors (Lipinski definition) is 2. The summed E-state index contributed by atoms with van der Waals surface area (Å²) in [5, 5.41) is 3.49. The third-order valence-electron chi connectivity index (χ3n) is 5.50. The van der Waals surface area contributed by atoms with Gasteiger partial charge in [-0.25, -0.2) is 4.57 Å². The van der Waals surface area contributed by atoms with Crippen molar-refractivity contribution in [3.8, 4) is 0 Å². The first-order valence-electron chi connectivity index (χ1n) is 9.93. The Balaban J connectivity index is 1.90. The van der Waals surface area contributed by atoms with Gasteiger partial charge in [-0.15, -0.1) is 0 Å². The van der Waals surface area contributed by atoms with E-state index in [2.05, 4.69) is 10.3 Å². The van der Waals surface area contributed by atoms with E-state index in [4.69, 9.17) is 5.73 Å². The maximum absolute atomic E-state index is 13.1. The third-order valence-corrected chi connectivity index (χ3v) is 5.50. The third kappa shape index (κ3) is 3.10. The fourth-order valence-corrected chi connectivity index (χ4v) is 4.08. The molecule has 0 unspecified atom stereocenters. The van der Waals surface area contributed by atoms with Crippen LogP contribution in [0.4, 0.5) is 5.82 Å². The Kier molecular flexibility index (Phi) is 4.75. The minimum atomic E-state index is -0.224. The first kappa shape index (κ1) is 18.4. The van der Waals surface area contributed by atoms with Gasteiger partial charge in [0.2, 0.25) is 11.5 Å². The molecule has 0 saturated heterocycles. The second-order valence-electron chi connectivity index (χ2n) is 7.80. The summed E-state index contributed by atoms with van der Waals surface area (Å²) in [5.74, 6) is 0.112. The van der Waals surface area contributed by atoms with Crippen LogP contribution in [0.1, 0.15) is 62.4 Å². The van der Waals surface area contributed by atoms with Crippen molar-refractivity contribution in [2.45, 2.75) is 58.0 Å². The van der Waals surface area contributed by atoms with Crippen LogP contribution in [0.2, 0.25) is 0 Å². The van der Waals surface area contributed by atoms with Gasteiger partial charge in [0.15, 0.2) is 0 Å². The number of amides is 1. The lowest BCUT2D eigenvalue weighted by atomic mass is 9.95. The number of nitrogens with one attached hydrogen (secondary N) is 1. The molecule has 1 fully saturated rings. The van der Waals surface area contributed by atoms with E-state index in [1.807, 2.05) is 19.9 Å². The molecular weight excluding hydrogens is 354 g/mol. The highest BCUT2D eigenvalue weighted by molar-refractivity contribution is 6.00. The van der Waals surface area contributed by atoms with E-state index in [-0.39, 0.29) is 23.6 Å². The van der Waals surface area contributed by atoms with Gasteiger partial charge in [0.25, 0.3) is 17.1 Å². The molecule has 3 aromatic rings. The molecule has 0 aliphatic heterocycles. The molecule has 4 rings (SSSR count). The summed E-state index contributed by atoms with van der Waals surface area (Å²) in [6.45, 7) is 3.93. The average Bonchev–Trinajstić information content (AvgIpc) is 2.68. The molecule has 1 aliphatic carbocycles. The zero-order valence-corrected chi connectivity index (χ0v) is 16.3. The van der Waals surface area contributed by atoms with Gasteiger partial charge in [0.05, 0.1) is 6.04 Å².